The van der Waals surface area contributed by atoms with Gasteiger partial charge in [-0.2, -0.15) is 0 Å². The van der Waals surface area contributed by atoms with Gasteiger partial charge >= 0.3 is 0 Å². The number of carbonyl (C=O) groups is 1. The van der Waals surface area contributed by atoms with E-state index in [4.69, 9.17) is 23.2 Å². The van der Waals surface area contributed by atoms with Crippen molar-refractivity contribution in [3.05, 3.63) is 33.3 Å². The molecule has 1 aromatic carbocycles. The molecule has 86 valence electrons. The molecule has 0 aromatic heterocycles. The summed E-state index contributed by atoms with van der Waals surface area (Å²) in [5.74, 6) is 0.504. The van der Waals surface area contributed by atoms with Crippen LogP contribution in [0.25, 0.3) is 0 Å². The lowest BCUT2D eigenvalue weighted by molar-refractivity contribution is 0.0963. The van der Waals surface area contributed by atoms with Gasteiger partial charge in [0.2, 0.25) is 0 Å². The third-order valence-electron chi connectivity index (χ3n) is 2.83. The molecular weight excluding hydrogens is 245 g/mol. The van der Waals surface area contributed by atoms with Crippen molar-refractivity contribution in [1.82, 2.24) is 5.32 Å². The van der Waals surface area contributed by atoms with Crippen molar-refractivity contribution in [2.75, 3.05) is 7.05 Å². The Morgan fingerprint density at radius 1 is 1.44 bits per heavy atom. The minimum atomic E-state index is -0.229. The van der Waals surface area contributed by atoms with E-state index in [-0.39, 0.29) is 5.91 Å². The number of nitrogens with one attached hydrogen (secondary N) is 1. The largest absolute Gasteiger partial charge is 0.355 e. The molecule has 0 aliphatic heterocycles. The van der Waals surface area contributed by atoms with E-state index in [1.54, 1.807) is 13.1 Å². The van der Waals surface area contributed by atoms with E-state index < -0.39 is 0 Å². The molecule has 2 nitrogen and oxygen atoms in total. The molecule has 0 unspecified atom stereocenters. The molecule has 1 amide bonds. The highest BCUT2D eigenvalue weighted by Gasteiger charge is 2.24. The van der Waals surface area contributed by atoms with Crippen LogP contribution in [0.3, 0.4) is 0 Å². The smallest absolute Gasteiger partial charge is 0.254 e. The third kappa shape index (κ3) is 2.33. The topological polar surface area (TPSA) is 29.1 Å². The second-order valence-corrected chi connectivity index (χ2v) is 4.91. The standard InChI is InChI=1S/C12H13Cl2NO/c1-15-12(16)10-9(13)5-4-8(11(10)14)6-7-2-3-7/h4-5,7H,2-3,6H2,1H3,(H,15,16). The first kappa shape index (κ1) is 11.7. The lowest BCUT2D eigenvalue weighted by Gasteiger charge is -2.10. The maximum atomic E-state index is 11.6. The van der Waals surface area contributed by atoms with Gasteiger partial charge in [-0.1, -0.05) is 29.3 Å². The number of halogens is 2. The van der Waals surface area contributed by atoms with Crippen molar-refractivity contribution >= 4 is 29.1 Å². The molecule has 0 spiro atoms. The molecule has 1 aliphatic carbocycles. The summed E-state index contributed by atoms with van der Waals surface area (Å²) in [5, 5.41) is 3.46. The van der Waals surface area contributed by atoms with E-state index in [2.05, 4.69) is 5.32 Å². The molecule has 1 saturated carbocycles. The average molecular weight is 258 g/mol. The van der Waals surface area contributed by atoms with Crippen LogP contribution in [0, 0.1) is 5.92 Å². The molecule has 0 radical (unpaired) electrons. The first-order valence-corrected chi connectivity index (χ1v) is 6.08. The maximum Gasteiger partial charge on any atom is 0.254 e. The van der Waals surface area contributed by atoms with E-state index >= 15 is 0 Å². The summed E-state index contributed by atoms with van der Waals surface area (Å²) >= 11 is 12.2. The fourth-order valence-electron chi connectivity index (χ4n) is 1.72. The number of rotatable bonds is 3. The van der Waals surface area contributed by atoms with Crippen LogP contribution in [-0.2, 0) is 6.42 Å². The van der Waals surface area contributed by atoms with Crippen LogP contribution in [-0.4, -0.2) is 13.0 Å². The number of amides is 1. The minimum absolute atomic E-state index is 0.229. The van der Waals surface area contributed by atoms with Gasteiger partial charge in [-0.3, -0.25) is 4.79 Å². The molecule has 1 fully saturated rings. The van der Waals surface area contributed by atoms with Crippen LogP contribution in [0.1, 0.15) is 28.8 Å². The Morgan fingerprint density at radius 2 is 2.12 bits per heavy atom. The summed E-state index contributed by atoms with van der Waals surface area (Å²) in [7, 11) is 1.57. The zero-order chi connectivity index (χ0) is 11.7. The summed E-state index contributed by atoms with van der Waals surface area (Å²) in [4.78, 5) is 11.6. The lowest BCUT2D eigenvalue weighted by atomic mass is 10.0. The Morgan fingerprint density at radius 3 is 2.69 bits per heavy atom. The first-order chi connectivity index (χ1) is 7.63. The van der Waals surface area contributed by atoms with Crippen molar-refractivity contribution in [3.8, 4) is 0 Å². The monoisotopic (exact) mass is 257 g/mol. The van der Waals surface area contributed by atoms with Crippen LogP contribution in [0.4, 0.5) is 0 Å². The van der Waals surface area contributed by atoms with Crippen molar-refractivity contribution in [3.63, 3.8) is 0 Å². The van der Waals surface area contributed by atoms with Crippen LogP contribution in [0.5, 0.6) is 0 Å². The predicted molar refractivity (Wildman–Crippen MR) is 66.3 cm³/mol. The highest BCUT2D eigenvalue weighted by molar-refractivity contribution is 6.40. The molecule has 0 heterocycles. The summed E-state index contributed by atoms with van der Waals surface area (Å²) < 4.78 is 0. The molecule has 0 atom stereocenters. The van der Waals surface area contributed by atoms with E-state index in [1.165, 1.54) is 12.8 Å². The molecule has 1 N–H and O–H groups in total. The van der Waals surface area contributed by atoms with Crippen molar-refractivity contribution < 1.29 is 4.79 Å². The van der Waals surface area contributed by atoms with Gasteiger partial charge in [0.1, 0.15) is 0 Å². The maximum absolute atomic E-state index is 11.6. The van der Waals surface area contributed by atoms with Gasteiger partial charge in [-0.15, -0.1) is 0 Å². The van der Waals surface area contributed by atoms with Crippen LogP contribution >= 0.6 is 23.2 Å². The zero-order valence-electron chi connectivity index (χ0n) is 9.02. The predicted octanol–water partition coefficient (Wildman–Crippen LogP) is 3.31. The number of carbonyl (C=O) groups excluding carboxylic acids is 1. The van der Waals surface area contributed by atoms with Crippen molar-refractivity contribution in [2.45, 2.75) is 19.3 Å². The van der Waals surface area contributed by atoms with Crippen molar-refractivity contribution in [2.24, 2.45) is 5.92 Å². The van der Waals surface area contributed by atoms with E-state index in [1.807, 2.05) is 6.07 Å². The average Bonchev–Trinajstić information content (AvgIpc) is 3.06. The summed E-state index contributed by atoms with van der Waals surface area (Å²) in [6, 6.07) is 3.66. The summed E-state index contributed by atoms with van der Waals surface area (Å²) in [6.07, 6.45) is 3.46. The summed E-state index contributed by atoms with van der Waals surface area (Å²) in [6.45, 7) is 0. The fourth-order valence-corrected chi connectivity index (χ4v) is 2.34. The number of hydrogen-bond donors (Lipinski definition) is 1. The molecule has 0 bridgehead atoms. The van der Waals surface area contributed by atoms with Gasteiger partial charge in [0, 0.05) is 7.05 Å². The quantitative estimate of drug-likeness (QED) is 0.885. The van der Waals surface area contributed by atoms with Gasteiger partial charge in [0.05, 0.1) is 15.6 Å². The van der Waals surface area contributed by atoms with Gasteiger partial charge in [0.25, 0.3) is 5.91 Å². The second-order valence-electron chi connectivity index (χ2n) is 4.12. The Labute approximate surface area is 105 Å². The molecule has 2 rings (SSSR count). The molecule has 0 saturated heterocycles. The molecule has 4 heteroatoms. The third-order valence-corrected chi connectivity index (χ3v) is 3.58. The van der Waals surface area contributed by atoms with Gasteiger partial charge in [-0.05, 0) is 36.8 Å². The molecule has 16 heavy (non-hydrogen) atoms. The van der Waals surface area contributed by atoms with E-state index in [0.29, 0.717) is 15.6 Å². The fraction of sp³-hybridized carbons (Fsp3) is 0.417. The molecule has 1 aromatic rings. The Bertz CT molecular complexity index is 427. The van der Waals surface area contributed by atoms with Crippen LogP contribution in [0.15, 0.2) is 12.1 Å². The number of hydrogen-bond acceptors (Lipinski definition) is 1. The highest BCUT2D eigenvalue weighted by Crippen LogP contribution is 2.36. The number of benzene rings is 1. The normalized spacial score (nSPS) is 14.9. The highest BCUT2D eigenvalue weighted by atomic mass is 35.5. The Balaban J connectivity index is 2.37. The SMILES string of the molecule is CNC(=O)c1c(Cl)ccc(CC2CC2)c1Cl. The molecule has 1 aliphatic rings. The van der Waals surface area contributed by atoms with E-state index in [0.717, 1.165) is 17.9 Å². The minimum Gasteiger partial charge on any atom is -0.355 e. The van der Waals surface area contributed by atoms with E-state index in [9.17, 15) is 4.79 Å². The Hall–Kier alpha value is -0.730. The first-order valence-electron chi connectivity index (χ1n) is 5.32. The zero-order valence-corrected chi connectivity index (χ0v) is 10.5. The second kappa shape index (κ2) is 4.64. The van der Waals surface area contributed by atoms with Crippen LogP contribution in [0.2, 0.25) is 10.0 Å². The van der Waals surface area contributed by atoms with Gasteiger partial charge in [0.15, 0.2) is 0 Å². The molecular formula is C12H13Cl2NO. The van der Waals surface area contributed by atoms with Crippen LogP contribution < -0.4 is 5.32 Å². The van der Waals surface area contributed by atoms with Gasteiger partial charge in [-0.25, -0.2) is 0 Å². The van der Waals surface area contributed by atoms with Crippen molar-refractivity contribution in [1.29, 1.82) is 0 Å². The van der Waals surface area contributed by atoms with Gasteiger partial charge < -0.3 is 5.32 Å². The lowest BCUT2D eigenvalue weighted by Crippen LogP contribution is -2.19. The summed E-state index contributed by atoms with van der Waals surface area (Å²) in [5.41, 5.74) is 1.41. The Kier molecular flexibility index (Phi) is 3.41.